The maximum Gasteiger partial charge on any atom is 0.379 e. The number of hydrogen-bond acceptors (Lipinski definition) is 3. The Kier molecular flexibility index (Phi) is 3.82. The van der Waals surface area contributed by atoms with Gasteiger partial charge in [-0.3, -0.25) is 4.79 Å². The second-order valence-corrected chi connectivity index (χ2v) is 3.74. The van der Waals surface area contributed by atoms with Crippen LogP contribution in [0.25, 0.3) is 0 Å². The zero-order valence-electron chi connectivity index (χ0n) is 7.51. The SMILES string of the molecule is COC(=O)C(=O)c1c(F)ccc(Cl)c1Br. The number of Topliss-reactive ketones (excluding diaryl/α,β-unsaturated/α-hetero) is 1. The van der Waals surface area contributed by atoms with Gasteiger partial charge in [-0.2, -0.15) is 0 Å². The van der Waals surface area contributed by atoms with Gasteiger partial charge in [-0.05, 0) is 28.1 Å². The lowest BCUT2D eigenvalue weighted by Gasteiger charge is -2.04. The van der Waals surface area contributed by atoms with Crippen LogP contribution in [-0.4, -0.2) is 18.9 Å². The van der Waals surface area contributed by atoms with E-state index in [1.807, 2.05) is 0 Å². The minimum Gasteiger partial charge on any atom is -0.463 e. The average Bonchev–Trinajstić information content (AvgIpc) is 2.22. The van der Waals surface area contributed by atoms with Crippen molar-refractivity contribution in [3.8, 4) is 0 Å². The highest BCUT2D eigenvalue weighted by Gasteiger charge is 2.24. The normalized spacial score (nSPS) is 9.87. The van der Waals surface area contributed by atoms with Gasteiger partial charge in [0.2, 0.25) is 0 Å². The minimum absolute atomic E-state index is 0.0413. The smallest absolute Gasteiger partial charge is 0.379 e. The Hall–Kier alpha value is -0.940. The molecule has 1 aromatic carbocycles. The second kappa shape index (κ2) is 4.72. The summed E-state index contributed by atoms with van der Waals surface area (Å²) in [6, 6.07) is 2.28. The van der Waals surface area contributed by atoms with E-state index in [2.05, 4.69) is 20.7 Å². The van der Waals surface area contributed by atoms with E-state index in [4.69, 9.17) is 11.6 Å². The summed E-state index contributed by atoms with van der Waals surface area (Å²) in [7, 11) is 1.04. The molecule has 1 rings (SSSR count). The zero-order chi connectivity index (χ0) is 11.6. The number of methoxy groups -OCH3 is 1. The van der Waals surface area contributed by atoms with Gasteiger partial charge in [-0.1, -0.05) is 11.6 Å². The van der Waals surface area contributed by atoms with Crippen LogP contribution in [0.2, 0.25) is 5.02 Å². The van der Waals surface area contributed by atoms with Crippen molar-refractivity contribution in [1.29, 1.82) is 0 Å². The predicted molar refractivity (Wildman–Crippen MR) is 55.5 cm³/mol. The van der Waals surface area contributed by atoms with Gasteiger partial charge in [0.1, 0.15) is 5.82 Å². The molecule has 0 saturated carbocycles. The number of ether oxygens (including phenoxy) is 1. The number of benzene rings is 1. The Bertz CT molecular complexity index is 434. The van der Waals surface area contributed by atoms with Gasteiger partial charge in [0.25, 0.3) is 5.78 Å². The molecule has 0 spiro atoms. The molecule has 0 aliphatic rings. The summed E-state index contributed by atoms with van der Waals surface area (Å²) in [6.07, 6.45) is 0. The molecule has 0 saturated heterocycles. The first-order valence-corrected chi connectivity index (χ1v) is 4.92. The van der Waals surface area contributed by atoms with Gasteiger partial charge in [0, 0.05) is 0 Å². The number of ketones is 1. The molecule has 0 aliphatic heterocycles. The molecule has 0 N–H and O–H groups in total. The van der Waals surface area contributed by atoms with Gasteiger partial charge in [-0.15, -0.1) is 0 Å². The van der Waals surface area contributed by atoms with Crippen LogP contribution in [-0.2, 0) is 9.53 Å². The molecule has 6 heteroatoms. The van der Waals surface area contributed by atoms with Gasteiger partial charge in [0.05, 0.1) is 22.2 Å². The molecule has 0 aromatic heterocycles. The predicted octanol–water partition coefficient (Wildman–Crippen LogP) is 2.60. The third-order valence-electron chi connectivity index (χ3n) is 1.64. The van der Waals surface area contributed by atoms with Crippen molar-refractivity contribution < 1.29 is 18.7 Å². The van der Waals surface area contributed by atoms with Crippen molar-refractivity contribution in [2.24, 2.45) is 0 Å². The first-order valence-electron chi connectivity index (χ1n) is 3.75. The Balaban J connectivity index is 3.31. The highest BCUT2D eigenvalue weighted by atomic mass is 79.9. The minimum atomic E-state index is -1.14. The van der Waals surface area contributed by atoms with Gasteiger partial charge in [0.15, 0.2) is 0 Å². The molecule has 0 fully saturated rings. The van der Waals surface area contributed by atoms with Crippen LogP contribution in [0.1, 0.15) is 10.4 Å². The molecule has 0 atom stereocenters. The third-order valence-corrected chi connectivity index (χ3v) is 3.01. The van der Waals surface area contributed by atoms with Crippen LogP contribution in [0.15, 0.2) is 16.6 Å². The molecule has 0 aliphatic carbocycles. The highest BCUT2D eigenvalue weighted by Crippen LogP contribution is 2.28. The van der Waals surface area contributed by atoms with E-state index >= 15 is 0 Å². The van der Waals surface area contributed by atoms with Crippen LogP contribution < -0.4 is 0 Å². The van der Waals surface area contributed by atoms with E-state index in [0.29, 0.717) is 0 Å². The molecule has 0 unspecified atom stereocenters. The van der Waals surface area contributed by atoms with E-state index in [0.717, 1.165) is 13.2 Å². The van der Waals surface area contributed by atoms with Gasteiger partial charge >= 0.3 is 5.97 Å². The van der Waals surface area contributed by atoms with Crippen LogP contribution in [0.5, 0.6) is 0 Å². The van der Waals surface area contributed by atoms with Crippen molar-refractivity contribution >= 4 is 39.3 Å². The van der Waals surface area contributed by atoms with E-state index < -0.39 is 23.1 Å². The first kappa shape index (κ1) is 12.1. The lowest BCUT2D eigenvalue weighted by molar-refractivity contribution is -0.135. The van der Waals surface area contributed by atoms with Crippen molar-refractivity contribution in [3.63, 3.8) is 0 Å². The molecule has 3 nitrogen and oxygen atoms in total. The van der Waals surface area contributed by atoms with Crippen molar-refractivity contribution in [2.75, 3.05) is 7.11 Å². The number of carbonyl (C=O) groups is 2. The fraction of sp³-hybridized carbons (Fsp3) is 0.111. The van der Waals surface area contributed by atoms with Gasteiger partial charge in [-0.25, -0.2) is 9.18 Å². The molecule has 0 amide bonds. The molecule has 1 aromatic rings. The van der Waals surface area contributed by atoms with Crippen LogP contribution in [0, 0.1) is 5.82 Å². The molecule has 0 radical (unpaired) electrons. The monoisotopic (exact) mass is 294 g/mol. The highest BCUT2D eigenvalue weighted by molar-refractivity contribution is 9.10. The Morgan fingerprint density at radius 2 is 2.07 bits per heavy atom. The number of rotatable bonds is 2. The Labute approximate surface area is 98.3 Å². The number of hydrogen-bond donors (Lipinski definition) is 0. The lowest BCUT2D eigenvalue weighted by Crippen LogP contribution is -2.17. The Morgan fingerprint density at radius 3 is 2.60 bits per heavy atom. The molecule has 0 bridgehead atoms. The quantitative estimate of drug-likeness (QED) is 0.364. The summed E-state index contributed by atoms with van der Waals surface area (Å²) in [5.41, 5.74) is -0.422. The maximum atomic E-state index is 13.3. The van der Waals surface area contributed by atoms with E-state index in [-0.39, 0.29) is 9.50 Å². The van der Waals surface area contributed by atoms with Crippen LogP contribution >= 0.6 is 27.5 Å². The van der Waals surface area contributed by atoms with E-state index in [1.165, 1.54) is 6.07 Å². The molecular weight excluding hydrogens is 290 g/mol. The van der Waals surface area contributed by atoms with Crippen molar-refractivity contribution in [2.45, 2.75) is 0 Å². The number of esters is 1. The van der Waals surface area contributed by atoms with Gasteiger partial charge < -0.3 is 4.74 Å². The topological polar surface area (TPSA) is 43.4 Å². The third kappa shape index (κ3) is 2.35. The standard InChI is InChI=1S/C9H5BrClFO3/c1-15-9(14)8(13)6-5(12)3-2-4(11)7(6)10/h2-3H,1H3. The van der Waals surface area contributed by atoms with Crippen LogP contribution in [0.4, 0.5) is 4.39 Å². The second-order valence-electron chi connectivity index (χ2n) is 2.54. The number of carbonyl (C=O) groups excluding carboxylic acids is 2. The molecule has 0 heterocycles. The van der Waals surface area contributed by atoms with Crippen molar-refractivity contribution in [1.82, 2.24) is 0 Å². The number of halogens is 3. The van der Waals surface area contributed by atoms with Crippen LogP contribution in [0.3, 0.4) is 0 Å². The maximum absolute atomic E-state index is 13.3. The average molecular weight is 295 g/mol. The first-order chi connectivity index (χ1) is 6.99. The summed E-state index contributed by atoms with van der Waals surface area (Å²) in [6.45, 7) is 0. The zero-order valence-corrected chi connectivity index (χ0v) is 9.86. The fourth-order valence-electron chi connectivity index (χ4n) is 0.930. The lowest BCUT2D eigenvalue weighted by atomic mass is 10.1. The largest absolute Gasteiger partial charge is 0.463 e. The van der Waals surface area contributed by atoms with E-state index in [9.17, 15) is 14.0 Å². The Morgan fingerprint density at radius 1 is 1.47 bits per heavy atom. The molecular formula is C9H5BrClFO3. The van der Waals surface area contributed by atoms with E-state index in [1.54, 1.807) is 0 Å². The summed E-state index contributed by atoms with van der Waals surface area (Å²) in [4.78, 5) is 22.3. The summed E-state index contributed by atoms with van der Waals surface area (Å²) >= 11 is 8.59. The summed E-state index contributed by atoms with van der Waals surface area (Å²) in [5.74, 6) is -3.05. The fourth-order valence-corrected chi connectivity index (χ4v) is 1.59. The molecule has 15 heavy (non-hydrogen) atoms. The summed E-state index contributed by atoms with van der Waals surface area (Å²) in [5, 5.41) is 0.142. The van der Waals surface area contributed by atoms with Crippen molar-refractivity contribution in [3.05, 3.63) is 33.0 Å². The molecule has 80 valence electrons. The summed E-state index contributed by atoms with van der Waals surface area (Å²) < 4.78 is 17.5.